The molecular formula is C20H21FN4O. The van der Waals surface area contributed by atoms with Gasteiger partial charge in [-0.3, -0.25) is 4.98 Å². The van der Waals surface area contributed by atoms with Crippen LogP contribution < -0.4 is 5.32 Å². The van der Waals surface area contributed by atoms with E-state index in [0.717, 1.165) is 28.3 Å². The van der Waals surface area contributed by atoms with E-state index in [-0.39, 0.29) is 12.4 Å². The van der Waals surface area contributed by atoms with Crippen LogP contribution in [0.25, 0.3) is 11.5 Å². The summed E-state index contributed by atoms with van der Waals surface area (Å²) in [7, 11) is 1.55. The summed E-state index contributed by atoms with van der Waals surface area (Å²) in [4.78, 5) is 13.5. The molecule has 3 rings (SSSR count). The van der Waals surface area contributed by atoms with Gasteiger partial charge in [0.05, 0.1) is 6.61 Å². The molecule has 0 amide bonds. The third-order valence-electron chi connectivity index (χ3n) is 4.15. The van der Waals surface area contributed by atoms with Gasteiger partial charge >= 0.3 is 0 Å². The molecule has 0 saturated carbocycles. The molecule has 1 aromatic carbocycles. The molecule has 2 aromatic heterocycles. The van der Waals surface area contributed by atoms with E-state index < -0.39 is 0 Å². The van der Waals surface area contributed by atoms with Crippen LogP contribution in [0, 0.1) is 19.7 Å². The minimum absolute atomic E-state index is 0.245. The van der Waals surface area contributed by atoms with E-state index in [2.05, 4.69) is 20.3 Å². The highest BCUT2D eigenvalue weighted by Crippen LogP contribution is 2.21. The van der Waals surface area contributed by atoms with Crippen molar-refractivity contribution in [1.29, 1.82) is 0 Å². The number of halogens is 1. The molecular weight excluding hydrogens is 331 g/mol. The maximum absolute atomic E-state index is 13.7. The molecule has 0 atom stereocenters. The summed E-state index contributed by atoms with van der Waals surface area (Å²) in [6.07, 6.45) is 1.72. The number of aryl methyl sites for hydroxylation is 1. The molecule has 0 bridgehead atoms. The molecule has 2 heterocycles. The minimum atomic E-state index is -0.262. The number of ether oxygens (including phenoxy) is 1. The lowest BCUT2D eigenvalue weighted by atomic mass is 10.1. The van der Waals surface area contributed by atoms with Crippen LogP contribution >= 0.6 is 0 Å². The Bertz CT molecular complexity index is 900. The summed E-state index contributed by atoms with van der Waals surface area (Å²) >= 11 is 0. The lowest BCUT2D eigenvalue weighted by molar-refractivity contribution is 0.181. The maximum atomic E-state index is 13.7. The van der Waals surface area contributed by atoms with Crippen LogP contribution in [-0.2, 0) is 17.9 Å². The van der Waals surface area contributed by atoms with E-state index in [9.17, 15) is 4.39 Å². The van der Waals surface area contributed by atoms with Gasteiger partial charge in [-0.15, -0.1) is 0 Å². The molecule has 0 fully saturated rings. The average molecular weight is 352 g/mol. The first-order valence-corrected chi connectivity index (χ1v) is 8.35. The molecule has 6 heteroatoms. The van der Waals surface area contributed by atoms with Crippen LogP contribution in [0.3, 0.4) is 0 Å². The zero-order chi connectivity index (χ0) is 18.5. The number of methoxy groups -OCH3 is 1. The Morgan fingerprint density at radius 1 is 1.12 bits per heavy atom. The van der Waals surface area contributed by atoms with Crippen molar-refractivity contribution in [2.45, 2.75) is 27.0 Å². The number of pyridine rings is 1. The van der Waals surface area contributed by atoms with Gasteiger partial charge in [0.1, 0.15) is 17.3 Å². The van der Waals surface area contributed by atoms with Gasteiger partial charge in [0, 0.05) is 36.7 Å². The lowest BCUT2D eigenvalue weighted by Gasteiger charge is -2.13. The standard InChI is InChI=1S/C20H21FN4O/c1-13-14(2)24-20(18-6-4-5-9-22-18)25-19(13)23-11-15-7-8-17(21)16(10-15)12-26-3/h4-10H,11-12H2,1-3H3,(H,23,24,25). The quantitative estimate of drug-likeness (QED) is 0.725. The van der Waals surface area contributed by atoms with Crippen molar-refractivity contribution in [2.75, 3.05) is 12.4 Å². The van der Waals surface area contributed by atoms with Crippen molar-refractivity contribution in [3.63, 3.8) is 0 Å². The Kier molecular flexibility index (Phi) is 5.53. The molecule has 1 N–H and O–H groups in total. The Hall–Kier alpha value is -2.86. The van der Waals surface area contributed by atoms with Gasteiger partial charge in [0.15, 0.2) is 5.82 Å². The van der Waals surface area contributed by atoms with E-state index in [1.165, 1.54) is 6.07 Å². The molecule has 0 radical (unpaired) electrons. The van der Waals surface area contributed by atoms with Crippen LogP contribution in [0.2, 0.25) is 0 Å². The molecule has 0 saturated heterocycles. The molecule has 0 spiro atoms. The summed E-state index contributed by atoms with van der Waals surface area (Å²) in [5, 5.41) is 3.33. The Labute approximate surface area is 152 Å². The van der Waals surface area contributed by atoms with Crippen LogP contribution in [0.5, 0.6) is 0 Å². The van der Waals surface area contributed by atoms with Crippen molar-refractivity contribution in [3.8, 4) is 11.5 Å². The summed E-state index contributed by atoms with van der Waals surface area (Å²) < 4.78 is 18.8. The summed E-state index contributed by atoms with van der Waals surface area (Å²) in [5.74, 6) is 1.06. The Balaban J connectivity index is 1.84. The van der Waals surface area contributed by atoms with Gasteiger partial charge in [-0.1, -0.05) is 12.1 Å². The fourth-order valence-electron chi connectivity index (χ4n) is 2.60. The van der Waals surface area contributed by atoms with Crippen molar-refractivity contribution < 1.29 is 9.13 Å². The number of nitrogens with one attached hydrogen (secondary N) is 1. The van der Waals surface area contributed by atoms with Crippen LogP contribution in [-0.4, -0.2) is 22.1 Å². The fourth-order valence-corrected chi connectivity index (χ4v) is 2.60. The highest BCUT2D eigenvalue weighted by molar-refractivity contribution is 5.56. The second-order valence-electron chi connectivity index (χ2n) is 6.03. The smallest absolute Gasteiger partial charge is 0.180 e. The van der Waals surface area contributed by atoms with Gasteiger partial charge in [0.2, 0.25) is 0 Å². The molecule has 0 aliphatic carbocycles. The molecule has 134 valence electrons. The summed E-state index contributed by atoms with van der Waals surface area (Å²) in [6.45, 7) is 4.69. The number of nitrogens with zero attached hydrogens (tertiary/aromatic N) is 3. The number of anilines is 1. The number of rotatable bonds is 6. The Morgan fingerprint density at radius 2 is 1.96 bits per heavy atom. The predicted molar refractivity (Wildman–Crippen MR) is 99.2 cm³/mol. The van der Waals surface area contributed by atoms with Crippen LogP contribution in [0.1, 0.15) is 22.4 Å². The predicted octanol–water partition coefficient (Wildman–Crippen LogP) is 4.05. The van der Waals surface area contributed by atoms with Crippen molar-refractivity contribution >= 4 is 5.82 Å². The maximum Gasteiger partial charge on any atom is 0.180 e. The van der Waals surface area contributed by atoms with E-state index >= 15 is 0 Å². The van der Waals surface area contributed by atoms with Crippen molar-refractivity contribution in [2.24, 2.45) is 0 Å². The summed E-state index contributed by atoms with van der Waals surface area (Å²) in [5.41, 5.74) is 4.08. The van der Waals surface area contributed by atoms with Crippen LogP contribution in [0.4, 0.5) is 10.2 Å². The molecule has 3 aromatic rings. The van der Waals surface area contributed by atoms with E-state index in [1.807, 2.05) is 32.0 Å². The third-order valence-corrected chi connectivity index (χ3v) is 4.15. The van der Waals surface area contributed by atoms with E-state index in [4.69, 9.17) is 4.74 Å². The monoisotopic (exact) mass is 352 g/mol. The molecule has 0 aliphatic heterocycles. The largest absolute Gasteiger partial charge is 0.380 e. The number of benzene rings is 1. The molecule has 26 heavy (non-hydrogen) atoms. The van der Waals surface area contributed by atoms with Gasteiger partial charge in [-0.25, -0.2) is 14.4 Å². The normalized spacial score (nSPS) is 10.8. The first-order chi connectivity index (χ1) is 12.6. The second kappa shape index (κ2) is 8.01. The molecule has 0 unspecified atom stereocenters. The highest BCUT2D eigenvalue weighted by atomic mass is 19.1. The second-order valence-corrected chi connectivity index (χ2v) is 6.03. The number of hydrogen-bond donors (Lipinski definition) is 1. The first kappa shape index (κ1) is 17.9. The zero-order valence-electron chi connectivity index (χ0n) is 15.1. The highest BCUT2D eigenvalue weighted by Gasteiger charge is 2.11. The van der Waals surface area contributed by atoms with E-state index in [0.29, 0.717) is 17.9 Å². The number of hydrogen-bond acceptors (Lipinski definition) is 5. The van der Waals surface area contributed by atoms with Gasteiger partial charge < -0.3 is 10.1 Å². The van der Waals surface area contributed by atoms with Crippen molar-refractivity contribution in [3.05, 3.63) is 70.8 Å². The van der Waals surface area contributed by atoms with Gasteiger partial charge in [-0.05, 0) is 43.7 Å². The SMILES string of the molecule is COCc1cc(CNc2nc(-c3ccccn3)nc(C)c2C)ccc1F. The first-order valence-electron chi connectivity index (χ1n) is 8.35. The molecule has 5 nitrogen and oxygen atoms in total. The number of aromatic nitrogens is 3. The van der Waals surface area contributed by atoms with Crippen LogP contribution in [0.15, 0.2) is 42.6 Å². The fraction of sp³-hybridized carbons (Fsp3) is 0.250. The average Bonchev–Trinajstić information content (AvgIpc) is 2.66. The topological polar surface area (TPSA) is 59.9 Å². The summed E-state index contributed by atoms with van der Waals surface area (Å²) in [6, 6.07) is 10.7. The minimum Gasteiger partial charge on any atom is -0.380 e. The lowest BCUT2D eigenvalue weighted by Crippen LogP contribution is -2.08. The Morgan fingerprint density at radius 3 is 2.69 bits per heavy atom. The van der Waals surface area contributed by atoms with Gasteiger partial charge in [0.25, 0.3) is 0 Å². The molecule has 0 aliphatic rings. The third kappa shape index (κ3) is 4.03. The van der Waals surface area contributed by atoms with E-state index in [1.54, 1.807) is 25.4 Å². The van der Waals surface area contributed by atoms with Gasteiger partial charge in [-0.2, -0.15) is 0 Å². The van der Waals surface area contributed by atoms with Crippen molar-refractivity contribution in [1.82, 2.24) is 15.0 Å². The zero-order valence-corrected chi connectivity index (χ0v) is 15.1.